The normalized spacial score (nSPS) is 20.1. The van der Waals surface area contributed by atoms with E-state index in [0.717, 1.165) is 6.07 Å². The summed E-state index contributed by atoms with van der Waals surface area (Å²) < 4.78 is 57.4. The number of halogens is 4. The predicted octanol–water partition coefficient (Wildman–Crippen LogP) is 3.34. The van der Waals surface area contributed by atoms with E-state index < -0.39 is 29.4 Å². The molecule has 3 rings (SSSR count). The van der Waals surface area contributed by atoms with Gasteiger partial charge in [-0.15, -0.1) is 0 Å². The topological polar surface area (TPSA) is 86.9 Å². The molecule has 10 heteroatoms. The number of furan rings is 1. The first kappa shape index (κ1) is 20.8. The highest BCUT2D eigenvalue weighted by atomic mass is 19.4. The molecule has 0 bridgehead atoms. The summed E-state index contributed by atoms with van der Waals surface area (Å²) in [5, 5.41) is 16.1. The number of carboxylic acids is 1. The third-order valence-corrected chi connectivity index (χ3v) is 4.64. The van der Waals surface area contributed by atoms with Gasteiger partial charge < -0.3 is 20.3 Å². The summed E-state index contributed by atoms with van der Waals surface area (Å²) in [5.41, 5.74) is 1.57. The monoisotopic (exact) mass is 413 g/mol. The molecule has 1 aliphatic rings. The second-order valence-electron chi connectivity index (χ2n) is 6.81. The Hall–Kier alpha value is -2.88. The predicted molar refractivity (Wildman–Crippen MR) is 96.8 cm³/mol. The van der Waals surface area contributed by atoms with Gasteiger partial charge in [0.2, 0.25) is 0 Å². The molecule has 1 fully saturated rings. The fraction of sp³-hybridized carbons (Fsp3) is 0.368. The highest BCUT2D eigenvalue weighted by Crippen LogP contribution is 2.34. The van der Waals surface area contributed by atoms with Crippen LogP contribution in [0.4, 0.5) is 17.6 Å². The zero-order valence-electron chi connectivity index (χ0n) is 15.2. The molecule has 2 aromatic rings. The molecular formula is C19H19F4N3O3. The van der Waals surface area contributed by atoms with E-state index in [0.29, 0.717) is 37.9 Å². The van der Waals surface area contributed by atoms with Gasteiger partial charge in [-0.3, -0.25) is 4.79 Å². The summed E-state index contributed by atoms with van der Waals surface area (Å²) >= 11 is 0. The lowest BCUT2D eigenvalue weighted by Crippen LogP contribution is -2.42. The maximum Gasteiger partial charge on any atom is 0.419 e. The number of hydrogen-bond acceptors (Lipinski definition) is 5. The van der Waals surface area contributed by atoms with Crippen molar-refractivity contribution in [3.63, 3.8) is 0 Å². The Balaban J connectivity index is 1.59. The number of nitrogens with one attached hydrogen (secondary N) is 2. The first-order valence-electron chi connectivity index (χ1n) is 8.90. The number of benzene rings is 1. The number of aliphatic carboxylic acids is 1. The van der Waals surface area contributed by atoms with Crippen molar-refractivity contribution in [2.45, 2.75) is 12.6 Å². The Bertz CT molecular complexity index is 895. The van der Waals surface area contributed by atoms with E-state index in [2.05, 4.69) is 15.8 Å². The van der Waals surface area contributed by atoms with E-state index in [9.17, 15) is 22.4 Å². The number of rotatable bonds is 6. The summed E-state index contributed by atoms with van der Waals surface area (Å²) in [6, 6.07) is 5.65. The molecule has 2 heterocycles. The van der Waals surface area contributed by atoms with Gasteiger partial charge in [0.15, 0.2) is 0 Å². The highest BCUT2D eigenvalue weighted by molar-refractivity contribution is 5.77. The molecule has 1 saturated heterocycles. The van der Waals surface area contributed by atoms with Crippen LogP contribution in [0.25, 0.3) is 11.3 Å². The van der Waals surface area contributed by atoms with Crippen LogP contribution in [0, 0.1) is 17.7 Å². The van der Waals surface area contributed by atoms with Crippen molar-refractivity contribution in [2.24, 2.45) is 16.9 Å². The van der Waals surface area contributed by atoms with Gasteiger partial charge in [-0.25, -0.2) is 4.39 Å². The molecule has 1 aromatic heterocycles. The van der Waals surface area contributed by atoms with Gasteiger partial charge in [-0.2, -0.15) is 18.3 Å². The molecule has 2 atom stereocenters. The van der Waals surface area contributed by atoms with Crippen molar-refractivity contribution in [1.29, 1.82) is 0 Å². The molecule has 156 valence electrons. The summed E-state index contributed by atoms with van der Waals surface area (Å²) in [6.07, 6.45) is -2.89. The summed E-state index contributed by atoms with van der Waals surface area (Å²) in [7, 11) is 0. The van der Waals surface area contributed by atoms with Gasteiger partial charge in [0.25, 0.3) is 0 Å². The summed E-state index contributed by atoms with van der Waals surface area (Å²) in [5.74, 6) is -2.05. The molecule has 0 unspecified atom stereocenters. The number of carbonyl (C=O) groups is 1. The van der Waals surface area contributed by atoms with Gasteiger partial charge in [-0.1, -0.05) is 0 Å². The van der Waals surface area contributed by atoms with Gasteiger partial charge in [0.1, 0.15) is 17.3 Å². The van der Waals surface area contributed by atoms with Crippen molar-refractivity contribution in [3.8, 4) is 11.3 Å². The van der Waals surface area contributed by atoms with E-state index >= 15 is 0 Å². The molecule has 1 aromatic carbocycles. The highest BCUT2D eigenvalue weighted by Gasteiger charge is 2.34. The average molecular weight is 413 g/mol. The van der Waals surface area contributed by atoms with Crippen LogP contribution in [0.1, 0.15) is 17.7 Å². The molecule has 0 radical (unpaired) electrons. The van der Waals surface area contributed by atoms with Gasteiger partial charge >= 0.3 is 12.1 Å². The Morgan fingerprint density at radius 1 is 1.31 bits per heavy atom. The van der Waals surface area contributed by atoms with Gasteiger partial charge in [0.05, 0.1) is 17.7 Å². The summed E-state index contributed by atoms with van der Waals surface area (Å²) in [4.78, 5) is 11.0. The van der Waals surface area contributed by atoms with Crippen molar-refractivity contribution in [2.75, 3.05) is 19.6 Å². The van der Waals surface area contributed by atoms with Crippen LogP contribution in [0.15, 0.2) is 39.9 Å². The minimum absolute atomic E-state index is 0.0966. The SMILES string of the molecule is O=C(O)[C@H]1CNC[C@@H](CN/N=C/c2ccc(-c3ccc(F)c(C(F)(F)F)c3)o2)C1. The Morgan fingerprint density at radius 3 is 2.83 bits per heavy atom. The zero-order valence-corrected chi connectivity index (χ0v) is 15.2. The zero-order chi connectivity index (χ0) is 21.0. The van der Waals surface area contributed by atoms with Gasteiger partial charge in [-0.05, 0) is 49.2 Å². The average Bonchev–Trinajstić information content (AvgIpc) is 3.14. The van der Waals surface area contributed by atoms with Crippen LogP contribution in [-0.4, -0.2) is 36.9 Å². The number of hydrogen-bond donors (Lipinski definition) is 3. The number of piperidine rings is 1. The maximum absolute atomic E-state index is 13.4. The van der Waals surface area contributed by atoms with Crippen LogP contribution >= 0.6 is 0 Å². The lowest BCUT2D eigenvalue weighted by atomic mass is 9.91. The van der Waals surface area contributed by atoms with Crippen LogP contribution in [0.2, 0.25) is 0 Å². The second kappa shape index (κ2) is 8.64. The Kier molecular flexibility index (Phi) is 6.21. The third kappa shape index (κ3) is 5.35. The number of hydrazone groups is 1. The van der Waals surface area contributed by atoms with E-state index in [4.69, 9.17) is 9.52 Å². The standard InChI is InChI=1S/C19H19F4N3O3/c20-16-3-1-12(6-15(16)19(21,22)23)17-4-2-14(29-17)10-26-25-8-11-5-13(18(27)28)9-24-7-11/h1-4,6,10-11,13,24-25H,5,7-9H2,(H,27,28)/b26-10+/t11-,13+/m0/s1. The van der Waals surface area contributed by atoms with Crippen LogP contribution in [0.5, 0.6) is 0 Å². The molecule has 0 spiro atoms. The lowest BCUT2D eigenvalue weighted by Gasteiger charge is -2.27. The van der Waals surface area contributed by atoms with Crippen LogP contribution in [0.3, 0.4) is 0 Å². The molecular weight excluding hydrogens is 394 g/mol. The maximum atomic E-state index is 13.4. The molecule has 3 N–H and O–H groups in total. The fourth-order valence-corrected chi connectivity index (χ4v) is 3.14. The summed E-state index contributed by atoms with van der Waals surface area (Å²) in [6.45, 7) is 1.60. The molecule has 0 saturated carbocycles. The third-order valence-electron chi connectivity index (χ3n) is 4.64. The molecule has 29 heavy (non-hydrogen) atoms. The van der Waals surface area contributed by atoms with Gasteiger partial charge in [0, 0.05) is 18.7 Å². The molecule has 0 amide bonds. The number of nitrogens with zero attached hydrogens (tertiary/aromatic N) is 1. The molecule has 0 aliphatic carbocycles. The minimum atomic E-state index is -4.80. The van der Waals surface area contributed by atoms with Crippen molar-refractivity contribution >= 4 is 12.2 Å². The van der Waals surface area contributed by atoms with Crippen LogP contribution in [-0.2, 0) is 11.0 Å². The minimum Gasteiger partial charge on any atom is -0.481 e. The fourth-order valence-electron chi connectivity index (χ4n) is 3.14. The van der Waals surface area contributed by atoms with E-state index in [1.165, 1.54) is 24.4 Å². The van der Waals surface area contributed by atoms with Crippen molar-refractivity contribution < 1.29 is 31.9 Å². The van der Waals surface area contributed by atoms with E-state index in [1.54, 1.807) is 0 Å². The quantitative estimate of drug-likeness (QED) is 0.384. The first-order valence-corrected chi connectivity index (χ1v) is 8.90. The van der Waals surface area contributed by atoms with Crippen molar-refractivity contribution in [3.05, 3.63) is 47.5 Å². The van der Waals surface area contributed by atoms with E-state index in [-0.39, 0.29) is 17.2 Å². The first-order chi connectivity index (χ1) is 13.7. The molecule has 6 nitrogen and oxygen atoms in total. The Labute approximate surface area is 163 Å². The molecule has 1 aliphatic heterocycles. The van der Waals surface area contributed by atoms with Crippen LogP contribution < -0.4 is 10.7 Å². The van der Waals surface area contributed by atoms with Crippen molar-refractivity contribution in [1.82, 2.24) is 10.7 Å². The number of carboxylic acid groups (broad SMARTS) is 1. The smallest absolute Gasteiger partial charge is 0.419 e. The lowest BCUT2D eigenvalue weighted by molar-refractivity contribution is -0.143. The van der Waals surface area contributed by atoms with E-state index in [1.807, 2.05) is 0 Å². The Morgan fingerprint density at radius 2 is 2.10 bits per heavy atom. The number of alkyl halides is 3. The largest absolute Gasteiger partial charge is 0.481 e. The second-order valence-corrected chi connectivity index (χ2v) is 6.81.